The first kappa shape index (κ1) is 17.1. The van der Waals surface area contributed by atoms with Crippen LogP contribution in [0, 0.1) is 12.7 Å². The van der Waals surface area contributed by atoms with E-state index in [1.807, 2.05) is 6.92 Å². The number of nitrogens with one attached hydrogen (secondary N) is 1. The van der Waals surface area contributed by atoms with E-state index in [1.54, 1.807) is 12.1 Å². The fourth-order valence-electron chi connectivity index (χ4n) is 2.78. The minimum Gasteiger partial charge on any atom is -0.481 e. The van der Waals surface area contributed by atoms with Crippen LogP contribution in [0.2, 0.25) is 0 Å². The molecule has 130 valence electrons. The number of aromatic amines is 1. The zero-order valence-corrected chi connectivity index (χ0v) is 14.2. The number of aromatic nitrogens is 2. The Hall–Kier alpha value is -2.74. The quantitative estimate of drug-likeness (QED) is 0.730. The van der Waals surface area contributed by atoms with Crippen molar-refractivity contribution in [1.29, 1.82) is 0 Å². The van der Waals surface area contributed by atoms with Crippen LogP contribution in [-0.4, -0.2) is 20.6 Å². The van der Waals surface area contributed by atoms with E-state index in [0.717, 1.165) is 9.44 Å². The van der Waals surface area contributed by atoms with E-state index in [2.05, 4.69) is 4.98 Å². The zero-order valence-electron chi connectivity index (χ0n) is 13.3. The van der Waals surface area contributed by atoms with Gasteiger partial charge >= 0.3 is 11.7 Å². The van der Waals surface area contributed by atoms with Crippen molar-refractivity contribution in [3.8, 4) is 11.1 Å². The van der Waals surface area contributed by atoms with Gasteiger partial charge in [0, 0.05) is 23.4 Å². The van der Waals surface area contributed by atoms with Gasteiger partial charge in [-0.1, -0.05) is 12.1 Å². The fourth-order valence-corrected chi connectivity index (χ4v) is 3.84. The standard InChI is InChI=1S/C17H15FN2O4S/c1-9-13(10-4-6-11(18)7-5-10)14-15(25-9)19-17(24)20(16(14)23)8-2-3-12(21)22/h4-7H,2-3,8H2,1H3,(H,19,24)(H,21,22). The molecule has 0 unspecified atom stereocenters. The molecule has 6 nitrogen and oxygen atoms in total. The van der Waals surface area contributed by atoms with Crippen LogP contribution in [0.5, 0.6) is 0 Å². The van der Waals surface area contributed by atoms with Gasteiger partial charge in [0.25, 0.3) is 5.56 Å². The van der Waals surface area contributed by atoms with E-state index < -0.39 is 17.2 Å². The molecule has 2 aromatic heterocycles. The molecule has 0 saturated heterocycles. The van der Waals surface area contributed by atoms with Gasteiger partial charge in [0.1, 0.15) is 10.6 Å². The van der Waals surface area contributed by atoms with Crippen LogP contribution in [0.15, 0.2) is 33.9 Å². The highest BCUT2D eigenvalue weighted by molar-refractivity contribution is 7.19. The molecule has 0 radical (unpaired) electrons. The van der Waals surface area contributed by atoms with Gasteiger partial charge in [0.2, 0.25) is 0 Å². The maximum atomic E-state index is 13.2. The number of hydrogen-bond acceptors (Lipinski definition) is 4. The van der Waals surface area contributed by atoms with E-state index in [1.165, 1.54) is 23.5 Å². The number of nitrogens with zero attached hydrogens (tertiary/aromatic N) is 1. The molecule has 1 aromatic carbocycles. The van der Waals surface area contributed by atoms with Crippen LogP contribution < -0.4 is 11.2 Å². The average molecular weight is 362 g/mol. The number of hydrogen-bond donors (Lipinski definition) is 2. The number of carboxylic acids is 1. The summed E-state index contributed by atoms with van der Waals surface area (Å²) >= 11 is 1.29. The molecule has 25 heavy (non-hydrogen) atoms. The Kier molecular flexibility index (Phi) is 4.54. The van der Waals surface area contributed by atoms with E-state index >= 15 is 0 Å². The van der Waals surface area contributed by atoms with Crippen molar-refractivity contribution >= 4 is 27.5 Å². The lowest BCUT2D eigenvalue weighted by atomic mass is 10.0. The van der Waals surface area contributed by atoms with Crippen molar-refractivity contribution in [2.75, 3.05) is 0 Å². The summed E-state index contributed by atoms with van der Waals surface area (Å²) in [6.45, 7) is 1.85. The lowest BCUT2D eigenvalue weighted by molar-refractivity contribution is -0.137. The molecule has 0 aliphatic rings. The normalized spacial score (nSPS) is 11.1. The number of carbonyl (C=O) groups is 1. The second-order valence-electron chi connectivity index (χ2n) is 5.63. The minimum atomic E-state index is -0.982. The maximum absolute atomic E-state index is 13.2. The predicted molar refractivity (Wildman–Crippen MR) is 93.7 cm³/mol. The predicted octanol–water partition coefficient (Wildman–Crippen LogP) is 2.73. The highest BCUT2D eigenvalue weighted by Gasteiger charge is 2.18. The molecule has 3 aromatic rings. The molecule has 0 fully saturated rings. The number of fused-ring (bicyclic) bond motifs is 1. The summed E-state index contributed by atoms with van der Waals surface area (Å²) in [5.41, 5.74) is 0.322. The Balaban J connectivity index is 2.17. The Labute approximate surface area is 145 Å². The van der Waals surface area contributed by atoms with E-state index in [0.29, 0.717) is 21.3 Å². The molecule has 0 amide bonds. The van der Waals surface area contributed by atoms with Gasteiger partial charge in [-0.05, 0) is 31.0 Å². The van der Waals surface area contributed by atoms with Gasteiger partial charge in [0.15, 0.2) is 0 Å². The first-order chi connectivity index (χ1) is 11.9. The molecular formula is C17H15FN2O4S. The smallest absolute Gasteiger partial charge is 0.329 e. The summed E-state index contributed by atoms with van der Waals surface area (Å²) in [7, 11) is 0. The lowest BCUT2D eigenvalue weighted by Crippen LogP contribution is -2.35. The second kappa shape index (κ2) is 6.64. The third-order valence-electron chi connectivity index (χ3n) is 3.91. The Morgan fingerprint density at radius 3 is 2.60 bits per heavy atom. The summed E-state index contributed by atoms with van der Waals surface area (Å²) < 4.78 is 14.2. The molecule has 0 saturated carbocycles. The number of halogens is 1. The van der Waals surface area contributed by atoms with Crippen molar-refractivity contribution in [3.63, 3.8) is 0 Å². The summed E-state index contributed by atoms with van der Waals surface area (Å²) in [5.74, 6) is -1.36. The molecule has 0 aliphatic carbocycles. The molecule has 0 aliphatic heterocycles. The number of thiophene rings is 1. The van der Waals surface area contributed by atoms with Crippen LogP contribution in [0.3, 0.4) is 0 Å². The molecular weight excluding hydrogens is 347 g/mol. The Morgan fingerprint density at radius 1 is 1.28 bits per heavy atom. The van der Waals surface area contributed by atoms with Crippen LogP contribution in [0.1, 0.15) is 17.7 Å². The monoisotopic (exact) mass is 362 g/mol. The molecule has 2 heterocycles. The van der Waals surface area contributed by atoms with Crippen molar-refractivity contribution in [3.05, 3.63) is 55.8 Å². The first-order valence-corrected chi connectivity index (χ1v) is 8.44. The third kappa shape index (κ3) is 3.25. The summed E-state index contributed by atoms with van der Waals surface area (Å²) in [6, 6.07) is 5.80. The molecule has 3 rings (SSSR count). The summed E-state index contributed by atoms with van der Waals surface area (Å²) in [4.78, 5) is 39.6. The number of H-pyrrole nitrogens is 1. The number of aliphatic carboxylic acids is 1. The summed E-state index contributed by atoms with van der Waals surface area (Å²) in [6.07, 6.45) is 0.0518. The lowest BCUT2D eigenvalue weighted by Gasteiger charge is -2.06. The van der Waals surface area contributed by atoms with Gasteiger partial charge in [-0.3, -0.25) is 19.1 Å². The molecule has 0 bridgehead atoms. The second-order valence-corrected chi connectivity index (χ2v) is 6.85. The van der Waals surface area contributed by atoms with E-state index in [4.69, 9.17) is 5.11 Å². The maximum Gasteiger partial charge on any atom is 0.329 e. The van der Waals surface area contributed by atoms with Crippen molar-refractivity contribution in [2.45, 2.75) is 26.3 Å². The van der Waals surface area contributed by atoms with Crippen molar-refractivity contribution in [2.24, 2.45) is 0 Å². The van der Waals surface area contributed by atoms with Gasteiger partial charge in [-0.15, -0.1) is 11.3 Å². The average Bonchev–Trinajstić information content (AvgIpc) is 2.87. The van der Waals surface area contributed by atoms with E-state index in [9.17, 15) is 18.8 Å². The van der Waals surface area contributed by atoms with Gasteiger partial charge in [-0.2, -0.15) is 0 Å². The summed E-state index contributed by atoms with van der Waals surface area (Å²) in [5, 5.41) is 9.08. The molecule has 8 heteroatoms. The Bertz CT molecular complexity index is 1060. The number of aryl methyl sites for hydroxylation is 1. The van der Waals surface area contributed by atoms with Crippen LogP contribution in [0.4, 0.5) is 4.39 Å². The van der Waals surface area contributed by atoms with Gasteiger partial charge in [0.05, 0.1) is 5.39 Å². The zero-order chi connectivity index (χ0) is 18.1. The van der Waals surface area contributed by atoms with E-state index in [-0.39, 0.29) is 25.2 Å². The molecule has 0 atom stereocenters. The van der Waals surface area contributed by atoms with Crippen molar-refractivity contribution < 1.29 is 14.3 Å². The molecule has 2 N–H and O–H groups in total. The number of benzene rings is 1. The van der Waals surface area contributed by atoms with Crippen molar-refractivity contribution in [1.82, 2.24) is 9.55 Å². The van der Waals surface area contributed by atoms with Gasteiger partial charge in [-0.25, -0.2) is 9.18 Å². The SMILES string of the molecule is Cc1sc2[nH]c(=O)n(CCCC(=O)O)c(=O)c2c1-c1ccc(F)cc1. The minimum absolute atomic E-state index is 0.0220. The largest absolute Gasteiger partial charge is 0.481 e. The fraction of sp³-hybridized carbons (Fsp3) is 0.235. The highest BCUT2D eigenvalue weighted by atomic mass is 32.1. The number of rotatable bonds is 5. The Morgan fingerprint density at radius 2 is 1.96 bits per heavy atom. The third-order valence-corrected chi connectivity index (χ3v) is 4.93. The first-order valence-electron chi connectivity index (χ1n) is 7.62. The van der Waals surface area contributed by atoms with Crippen LogP contribution >= 0.6 is 11.3 Å². The topological polar surface area (TPSA) is 92.2 Å². The van der Waals surface area contributed by atoms with Crippen LogP contribution in [0.25, 0.3) is 21.3 Å². The molecule has 0 spiro atoms. The highest BCUT2D eigenvalue weighted by Crippen LogP contribution is 2.35. The number of carboxylic acid groups (broad SMARTS) is 1. The van der Waals surface area contributed by atoms with Gasteiger partial charge < -0.3 is 5.11 Å². The van der Waals surface area contributed by atoms with Crippen LogP contribution in [-0.2, 0) is 11.3 Å².